The molecule has 0 N–H and O–H groups in total. The average Bonchev–Trinajstić information content (AvgIpc) is 2.42. The van der Waals surface area contributed by atoms with Gasteiger partial charge in [0.1, 0.15) is 16.4 Å². The number of hydrogen-bond acceptors (Lipinski definition) is 4. The van der Waals surface area contributed by atoms with Gasteiger partial charge in [-0.15, -0.1) is 0 Å². The lowest BCUT2D eigenvalue weighted by atomic mass is 10.2. The molecule has 2 rings (SSSR count). The highest BCUT2D eigenvalue weighted by Gasteiger charge is 2.25. The topological polar surface area (TPSA) is 38.2 Å². The van der Waals surface area contributed by atoms with Gasteiger partial charge < -0.3 is 4.74 Å². The molecule has 0 spiro atoms. The molecule has 6 heteroatoms. The second-order valence-corrected chi connectivity index (χ2v) is 5.36. The van der Waals surface area contributed by atoms with Gasteiger partial charge in [0.15, 0.2) is 5.82 Å². The van der Waals surface area contributed by atoms with E-state index in [0.717, 1.165) is 38.0 Å². The Morgan fingerprint density at radius 1 is 1.26 bits per heavy atom. The number of ether oxygens (including phenoxy) is 1. The molecule has 106 valence electrons. The molecule has 0 aromatic carbocycles. The Morgan fingerprint density at radius 2 is 1.95 bits per heavy atom. The third-order valence-electron chi connectivity index (χ3n) is 3.31. The van der Waals surface area contributed by atoms with E-state index in [1.165, 1.54) is 0 Å². The van der Waals surface area contributed by atoms with Crippen LogP contribution < -0.4 is 0 Å². The van der Waals surface area contributed by atoms with E-state index in [0.29, 0.717) is 22.7 Å². The molecule has 1 aromatic heterocycles. The number of likely N-dealkylation sites (N-methyl/N-ethyl adjacent to an activating group) is 1. The first kappa shape index (κ1) is 15.0. The highest BCUT2D eigenvalue weighted by Crippen LogP contribution is 2.27. The standard InChI is InChI=1S/C13H19Cl2N3O/c1-3-5-9-11(14)16-13(17-12(9)15)10-8-18(4-2)6-7-19-10/h10H,3-8H2,1-2H3. The summed E-state index contributed by atoms with van der Waals surface area (Å²) < 4.78 is 5.72. The molecule has 4 nitrogen and oxygen atoms in total. The molecular formula is C13H19Cl2N3O. The van der Waals surface area contributed by atoms with E-state index in [9.17, 15) is 0 Å². The van der Waals surface area contributed by atoms with E-state index in [1.54, 1.807) is 0 Å². The van der Waals surface area contributed by atoms with E-state index in [4.69, 9.17) is 27.9 Å². The summed E-state index contributed by atoms with van der Waals surface area (Å²) in [7, 11) is 0. The molecular weight excluding hydrogens is 285 g/mol. The number of hydrogen-bond donors (Lipinski definition) is 0. The number of rotatable bonds is 4. The van der Waals surface area contributed by atoms with Crippen molar-refractivity contribution in [2.75, 3.05) is 26.2 Å². The van der Waals surface area contributed by atoms with Crippen molar-refractivity contribution in [2.45, 2.75) is 32.8 Å². The van der Waals surface area contributed by atoms with Crippen molar-refractivity contribution in [2.24, 2.45) is 0 Å². The maximum atomic E-state index is 6.20. The van der Waals surface area contributed by atoms with E-state index < -0.39 is 0 Å². The molecule has 2 heterocycles. The van der Waals surface area contributed by atoms with Crippen LogP contribution in [0.2, 0.25) is 10.3 Å². The first-order valence-electron chi connectivity index (χ1n) is 6.71. The summed E-state index contributed by atoms with van der Waals surface area (Å²) in [4.78, 5) is 11.0. The molecule has 0 amide bonds. The van der Waals surface area contributed by atoms with Crippen LogP contribution >= 0.6 is 23.2 Å². The van der Waals surface area contributed by atoms with Gasteiger partial charge >= 0.3 is 0 Å². The third-order valence-corrected chi connectivity index (χ3v) is 3.93. The fraction of sp³-hybridized carbons (Fsp3) is 0.692. The minimum absolute atomic E-state index is 0.139. The SMILES string of the molecule is CCCc1c(Cl)nc(C2CN(CC)CCO2)nc1Cl. The quantitative estimate of drug-likeness (QED) is 0.801. The fourth-order valence-corrected chi connectivity index (χ4v) is 2.78. The first-order valence-corrected chi connectivity index (χ1v) is 7.47. The second-order valence-electron chi connectivity index (χ2n) is 4.64. The van der Waals surface area contributed by atoms with Gasteiger partial charge in [-0.1, -0.05) is 43.5 Å². The van der Waals surface area contributed by atoms with E-state index >= 15 is 0 Å². The fourth-order valence-electron chi connectivity index (χ4n) is 2.19. The number of aromatic nitrogens is 2. The normalized spacial score (nSPS) is 20.7. The number of nitrogens with zero attached hydrogens (tertiary/aromatic N) is 3. The maximum absolute atomic E-state index is 6.20. The van der Waals surface area contributed by atoms with Gasteiger partial charge in [0.05, 0.1) is 6.61 Å². The first-order chi connectivity index (χ1) is 9.15. The highest BCUT2D eigenvalue weighted by atomic mass is 35.5. The van der Waals surface area contributed by atoms with Crippen molar-refractivity contribution in [3.05, 3.63) is 21.7 Å². The van der Waals surface area contributed by atoms with Crippen LogP contribution in [0.3, 0.4) is 0 Å². The van der Waals surface area contributed by atoms with Crippen LogP contribution in [-0.4, -0.2) is 41.1 Å². The minimum atomic E-state index is -0.139. The lowest BCUT2D eigenvalue weighted by Gasteiger charge is -2.31. The molecule has 1 aliphatic rings. The Labute approximate surface area is 124 Å². The molecule has 0 saturated carbocycles. The Kier molecular flexibility index (Phi) is 5.39. The summed E-state index contributed by atoms with van der Waals surface area (Å²) in [5, 5.41) is 0.906. The summed E-state index contributed by atoms with van der Waals surface area (Å²) in [6.07, 6.45) is 1.62. The summed E-state index contributed by atoms with van der Waals surface area (Å²) in [5.74, 6) is 0.591. The molecule has 0 radical (unpaired) electrons. The summed E-state index contributed by atoms with van der Waals surface area (Å²) in [5.41, 5.74) is 0.831. The molecule has 1 aliphatic heterocycles. The predicted octanol–water partition coefficient (Wildman–Crippen LogP) is 3.13. The van der Waals surface area contributed by atoms with Crippen molar-refractivity contribution in [1.82, 2.24) is 14.9 Å². The maximum Gasteiger partial charge on any atom is 0.161 e. The van der Waals surface area contributed by atoms with Gasteiger partial charge in [-0.25, -0.2) is 9.97 Å². The Bertz CT molecular complexity index is 419. The molecule has 1 fully saturated rings. The average molecular weight is 304 g/mol. The molecule has 19 heavy (non-hydrogen) atoms. The zero-order valence-corrected chi connectivity index (χ0v) is 12.8. The van der Waals surface area contributed by atoms with Crippen molar-refractivity contribution in [3.8, 4) is 0 Å². The lowest BCUT2D eigenvalue weighted by Crippen LogP contribution is -2.38. The van der Waals surface area contributed by atoms with Crippen LogP contribution in [-0.2, 0) is 11.2 Å². The molecule has 1 atom stereocenters. The highest BCUT2D eigenvalue weighted by molar-refractivity contribution is 6.34. The van der Waals surface area contributed by atoms with Crippen molar-refractivity contribution < 1.29 is 4.74 Å². The zero-order valence-electron chi connectivity index (χ0n) is 11.3. The Hall–Kier alpha value is -0.420. The third kappa shape index (κ3) is 3.57. The summed E-state index contributed by atoms with van der Waals surface area (Å²) in [6.45, 7) is 7.62. The van der Waals surface area contributed by atoms with E-state index in [1.807, 2.05) is 0 Å². The zero-order chi connectivity index (χ0) is 13.8. The van der Waals surface area contributed by atoms with Crippen LogP contribution in [0.25, 0.3) is 0 Å². The van der Waals surface area contributed by atoms with Crippen molar-refractivity contribution in [3.63, 3.8) is 0 Å². The van der Waals surface area contributed by atoms with Gasteiger partial charge in [0.2, 0.25) is 0 Å². The van der Waals surface area contributed by atoms with Gasteiger partial charge in [0, 0.05) is 18.7 Å². The van der Waals surface area contributed by atoms with Crippen LogP contribution in [0.1, 0.15) is 37.8 Å². The minimum Gasteiger partial charge on any atom is -0.368 e. The van der Waals surface area contributed by atoms with E-state index in [2.05, 4.69) is 28.7 Å². The molecule has 0 bridgehead atoms. The summed E-state index contributed by atoms with van der Waals surface area (Å²) >= 11 is 12.4. The van der Waals surface area contributed by atoms with Crippen LogP contribution in [0.5, 0.6) is 0 Å². The van der Waals surface area contributed by atoms with Gasteiger partial charge in [-0.2, -0.15) is 0 Å². The Morgan fingerprint density at radius 3 is 2.53 bits per heavy atom. The monoisotopic (exact) mass is 303 g/mol. The molecule has 1 unspecified atom stereocenters. The van der Waals surface area contributed by atoms with Crippen LogP contribution in [0, 0.1) is 0 Å². The van der Waals surface area contributed by atoms with Crippen LogP contribution in [0.4, 0.5) is 0 Å². The molecule has 1 saturated heterocycles. The summed E-state index contributed by atoms with van der Waals surface area (Å²) in [6, 6.07) is 0. The lowest BCUT2D eigenvalue weighted by molar-refractivity contribution is -0.0325. The molecule has 0 aliphatic carbocycles. The van der Waals surface area contributed by atoms with E-state index in [-0.39, 0.29) is 6.10 Å². The Balaban J connectivity index is 2.21. The van der Waals surface area contributed by atoms with Gasteiger partial charge in [-0.05, 0) is 13.0 Å². The van der Waals surface area contributed by atoms with Gasteiger partial charge in [-0.3, -0.25) is 4.90 Å². The number of halogens is 2. The smallest absolute Gasteiger partial charge is 0.161 e. The molecule has 1 aromatic rings. The van der Waals surface area contributed by atoms with Gasteiger partial charge in [0.25, 0.3) is 0 Å². The van der Waals surface area contributed by atoms with Crippen molar-refractivity contribution in [1.29, 1.82) is 0 Å². The van der Waals surface area contributed by atoms with Crippen LogP contribution in [0.15, 0.2) is 0 Å². The largest absolute Gasteiger partial charge is 0.368 e. The number of morpholine rings is 1. The second kappa shape index (κ2) is 6.84. The predicted molar refractivity (Wildman–Crippen MR) is 76.9 cm³/mol. The van der Waals surface area contributed by atoms with Crippen molar-refractivity contribution >= 4 is 23.2 Å².